The third-order valence-corrected chi connectivity index (χ3v) is 6.37. The third-order valence-electron chi connectivity index (χ3n) is 5.72. The van der Waals surface area contributed by atoms with Crippen LogP contribution in [0, 0.1) is 0 Å². The summed E-state index contributed by atoms with van der Waals surface area (Å²) in [6, 6.07) is 4.39. The first-order chi connectivity index (χ1) is 13.6. The van der Waals surface area contributed by atoms with Crippen molar-refractivity contribution in [1.82, 2.24) is 10.2 Å². The van der Waals surface area contributed by atoms with Gasteiger partial charge in [-0.1, -0.05) is 39.0 Å². The standard InChI is InChI=1S/C22H36BrN3O2/c1-2-26(19-10-6-5-7-11-19)16-18-14-17(15-20(23)21(18)24)22(28)25-12-8-3-4-9-13-27/h14-15,19,27H,2-13,16,24H2,1H3,(H,25,28). The first-order valence-corrected chi connectivity index (χ1v) is 11.6. The van der Waals surface area contributed by atoms with Crippen molar-refractivity contribution in [3.8, 4) is 0 Å². The lowest BCUT2D eigenvalue weighted by molar-refractivity contribution is 0.0952. The van der Waals surface area contributed by atoms with Crippen LogP contribution in [0.25, 0.3) is 0 Å². The van der Waals surface area contributed by atoms with E-state index in [1.165, 1.54) is 32.1 Å². The Morgan fingerprint density at radius 3 is 2.61 bits per heavy atom. The number of nitrogens with zero attached hydrogens (tertiary/aromatic N) is 1. The van der Waals surface area contributed by atoms with E-state index in [1.54, 1.807) is 0 Å². The topological polar surface area (TPSA) is 78.6 Å². The number of aliphatic hydroxyl groups is 1. The quantitative estimate of drug-likeness (QED) is 0.341. The summed E-state index contributed by atoms with van der Waals surface area (Å²) in [5.41, 5.74) is 8.74. The molecule has 0 saturated heterocycles. The van der Waals surface area contributed by atoms with E-state index in [1.807, 2.05) is 12.1 Å². The number of nitrogens with one attached hydrogen (secondary N) is 1. The number of benzene rings is 1. The van der Waals surface area contributed by atoms with E-state index < -0.39 is 0 Å². The molecule has 5 nitrogen and oxygen atoms in total. The van der Waals surface area contributed by atoms with Gasteiger partial charge in [0.25, 0.3) is 5.91 Å². The molecule has 158 valence electrons. The Morgan fingerprint density at radius 2 is 1.93 bits per heavy atom. The summed E-state index contributed by atoms with van der Waals surface area (Å²) in [4.78, 5) is 15.1. The lowest BCUT2D eigenvalue weighted by Gasteiger charge is -2.34. The van der Waals surface area contributed by atoms with Crippen LogP contribution in [-0.2, 0) is 6.54 Å². The molecule has 1 aromatic rings. The number of unbranched alkanes of at least 4 members (excludes halogenated alkanes) is 3. The lowest BCUT2D eigenvalue weighted by atomic mass is 9.93. The number of anilines is 1. The highest BCUT2D eigenvalue weighted by Gasteiger charge is 2.21. The Labute approximate surface area is 178 Å². The van der Waals surface area contributed by atoms with E-state index in [4.69, 9.17) is 10.8 Å². The summed E-state index contributed by atoms with van der Waals surface area (Å²) in [6.45, 7) is 4.88. The molecule has 0 atom stereocenters. The van der Waals surface area contributed by atoms with Crippen LogP contribution >= 0.6 is 15.9 Å². The van der Waals surface area contributed by atoms with Gasteiger partial charge < -0.3 is 16.2 Å². The zero-order valence-corrected chi connectivity index (χ0v) is 18.8. The van der Waals surface area contributed by atoms with Gasteiger partial charge in [0, 0.05) is 35.8 Å². The summed E-state index contributed by atoms with van der Waals surface area (Å²) in [5, 5.41) is 11.8. The van der Waals surface area contributed by atoms with E-state index in [0.717, 1.165) is 54.5 Å². The van der Waals surface area contributed by atoms with Crippen molar-refractivity contribution in [1.29, 1.82) is 0 Å². The lowest BCUT2D eigenvalue weighted by Crippen LogP contribution is -2.36. The maximum absolute atomic E-state index is 12.6. The van der Waals surface area contributed by atoms with Crippen LogP contribution < -0.4 is 11.1 Å². The monoisotopic (exact) mass is 453 g/mol. The number of hydrogen-bond donors (Lipinski definition) is 3. The molecule has 1 amide bonds. The molecule has 0 heterocycles. The minimum atomic E-state index is -0.0511. The summed E-state index contributed by atoms with van der Waals surface area (Å²) in [5.74, 6) is -0.0511. The van der Waals surface area contributed by atoms with Gasteiger partial charge in [-0.2, -0.15) is 0 Å². The molecule has 1 aromatic carbocycles. The first kappa shape index (κ1) is 23.2. The Balaban J connectivity index is 1.99. The van der Waals surface area contributed by atoms with E-state index >= 15 is 0 Å². The fourth-order valence-electron chi connectivity index (χ4n) is 4.00. The van der Waals surface area contributed by atoms with Crippen LogP contribution in [0.2, 0.25) is 0 Å². The smallest absolute Gasteiger partial charge is 0.251 e. The molecule has 1 fully saturated rings. The average molecular weight is 454 g/mol. The second-order valence-corrected chi connectivity index (χ2v) is 8.63. The molecule has 0 unspecified atom stereocenters. The molecule has 28 heavy (non-hydrogen) atoms. The van der Waals surface area contributed by atoms with E-state index in [2.05, 4.69) is 33.1 Å². The number of amides is 1. The number of hydrogen-bond acceptors (Lipinski definition) is 4. The van der Waals surface area contributed by atoms with Crippen molar-refractivity contribution in [3.63, 3.8) is 0 Å². The minimum Gasteiger partial charge on any atom is -0.398 e. The number of carbonyl (C=O) groups excluding carboxylic acids is 1. The van der Waals surface area contributed by atoms with Crippen molar-refractivity contribution in [2.45, 2.75) is 77.3 Å². The molecule has 6 heteroatoms. The molecule has 0 spiro atoms. The molecule has 0 aliphatic heterocycles. The Morgan fingerprint density at radius 1 is 1.21 bits per heavy atom. The third kappa shape index (κ3) is 7.05. The van der Waals surface area contributed by atoms with Crippen molar-refractivity contribution in [2.24, 2.45) is 0 Å². The van der Waals surface area contributed by atoms with E-state index in [9.17, 15) is 4.79 Å². The minimum absolute atomic E-state index is 0.0511. The molecule has 4 N–H and O–H groups in total. The molecule has 0 aromatic heterocycles. The summed E-state index contributed by atoms with van der Waals surface area (Å²) in [6.07, 6.45) is 10.2. The van der Waals surface area contributed by atoms with Gasteiger partial charge in [0.1, 0.15) is 0 Å². The van der Waals surface area contributed by atoms with Crippen LogP contribution in [-0.4, -0.2) is 41.7 Å². The fraction of sp³-hybridized carbons (Fsp3) is 0.682. The van der Waals surface area contributed by atoms with Crippen LogP contribution in [0.1, 0.15) is 80.6 Å². The highest BCUT2D eigenvalue weighted by molar-refractivity contribution is 9.10. The Hall–Kier alpha value is -1.11. The zero-order chi connectivity index (χ0) is 20.4. The Kier molecular flexibility index (Phi) is 10.3. The second-order valence-electron chi connectivity index (χ2n) is 7.78. The van der Waals surface area contributed by atoms with Gasteiger partial charge in [-0.3, -0.25) is 9.69 Å². The number of halogens is 1. The zero-order valence-electron chi connectivity index (χ0n) is 17.2. The van der Waals surface area contributed by atoms with Crippen LogP contribution in [0.4, 0.5) is 5.69 Å². The molecular weight excluding hydrogens is 418 g/mol. The molecule has 2 rings (SSSR count). The van der Waals surface area contributed by atoms with Gasteiger partial charge in [0.2, 0.25) is 0 Å². The van der Waals surface area contributed by atoms with Crippen LogP contribution in [0.5, 0.6) is 0 Å². The van der Waals surface area contributed by atoms with Crippen LogP contribution in [0.15, 0.2) is 16.6 Å². The van der Waals surface area contributed by atoms with E-state index in [-0.39, 0.29) is 12.5 Å². The van der Waals surface area contributed by atoms with Gasteiger partial charge in [0.15, 0.2) is 0 Å². The number of nitrogens with two attached hydrogens (primary N) is 1. The maximum atomic E-state index is 12.6. The van der Waals surface area contributed by atoms with Gasteiger partial charge in [-0.05, 0) is 65.9 Å². The largest absolute Gasteiger partial charge is 0.398 e. The molecule has 1 aliphatic rings. The van der Waals surface area contributed by atoms with Crippen LogP contribution in [0.3, 0.4) is 0 Å². The van der Waals surface area contributed by atoms with Crippen molar-refractivity contribution < 1.29 is 9.90 Å². The van der Waals surface area contributed by atoms with Gasteiger partial charge in [-0.25, -0.2) is 0 Å². The highest BCUT2D eigenvalue weighted by atomic mass is 79.9. The molecule has 1 aliphatic carbocycles. The highest BCUT2D eigenvalue weighted by Crippen LogP contribution is 2.29. The summed E-state index contributed by atoms with van der Waals surface area (Å²) < 4.78 is 0.790. The van der Waals surface area contributed by atoms with E-state index in [0.29, 0.717) is 18.2 Å². The van der Waals surface area contributed by atoms with Gasteiger partial charge in [0.05, 0.1) is 5.69 Å². The molecule has 1 saturated carbocycles. The summed E-state index contributed by atoms with van der Waals surface area (Å²) >= 11 is 3.54. The average Bonchev–Trinajstić information content (AvgIpc) is 2.72. The SMILES string of the molecule is CCN(Cc1cc(C(=O)NCCCCCCO)cc(Br)c1N)C1CCCCC1. The number of carbonyl (C=O) groups is 1. The molecular formula is C22H36BrN3O2. The first-order valence-electron chi connectivity index (χ1n) is 10.8. The second kappa shape index (κ2) is 12.5. The molecule has 0 radical (unpaired) electrons. The predicted molar refractivity (Wildman–Crippen MR) is 119 cm³/mol. The molecule has 0 bridgehead atoms. The van der Waals surface area contributed by atoms with Crippen molar-refractivity contribution in [2.75, 3.05) is 25.4 Å². The van der Waals surface area contributed by atoms with Gasteiger partial charge in [-0.15, -0.1) is 0 Å². The summed E-state index contributed by atoms with van der Waals surface area (Å²) in [7, 11) is 0. The van der Waals surface area contributed by atoms with Gasteiger partial charge >= 0.3 is 0 Å². The fourth-order valence-corrected chi connectivity index (χ4v) is 4.50. The van der Waals surface area contributed by atoms with Crippen molar-refractivity contribution >= 4 is 27.5 Å². The number of nitrogen functional groups attached to an aromatic ring is 1. The Bertz CT molecular complexity index is 618. The number of aliphatic hydroxyl groups excluding tert-OH is 1. The maximum Gasteiger partial charge on any atom is 0.251 e. The normalized spacial score (nSPS) is 15.1. The predicted octanol–water partition coefficient (Wildman–Crippen LogP) is 4.47. The van der Waals surface area contributed by atoms with Crippen molar-refractivity contribution in [3.05, 3.63) is 27.7 Å². The number of rotatable bonds is 11.